The molecule has 1 atom stereocenters. The normalized spacial score (nSPS) is 22.3. The molecule has 4 nitrogen and oxygen atoms in total. The SMILES string of the molecule is O=C(c1ccc2cc[nH]c2c1)N1CCCC[C@H]1CCN1CCCC1. The minimum Gasteiger partial charge on any atom is -0.361 e. The van der Waals surface area contributed by atoms with Crippen molar-refractivity contribution in [2.75, 3.05) is 26.2 Å². The molecule has 0 aliphatic carbocycles. The molecule has 0 radical (unpaired) electrons. The van der Waals surface area contributed by atoms with Gasteiger partial charge >= 0.3 is 0 Å². The summed E-state index contributed by atoms with van der Waals surface area (Å²) < 4.78 is 0. The van der Waals surface area contributed by atoms with E-state index >= 15 is 0 Å². The van der Waals surface area contributed by atoms with Crippen LogP contribution < -0.4 is 0 Å². The van der Waals surface area contributed by atoms with Crippen LogP contribution in [0.15, 0.2) is 30.5 Å². The van der Waals surface area contributed by atoms with Gasteiger partial charge in [0.05, 0.1) is 0 Å². The molecule has 24 heavy (non-hydrogen) atoms. The second kappa shape index (κ2) is 6.98. The Morgan fingerprint density at radius 2 is 1.92 bits per heavy atom. The molecule has 0 spiro atoms. The first-order valence-corrected chi connectivity index (χ1v) is 9.42. The molecule has 2 fully saturated rings. The quantitative estimate of drug-likeness (QED) is 0.932. The number of hydrogen-bond acceptors (Lipinski definition) is 2. The van der Waals surface area contributed by atoms with E-state index in [0.717, 1.165) is 48.8 Å². The molecule has 1 amide bonds. The smallest absolute Gasteiger partial charge is 0.254 e. The Balaban J connectivity index is 1.47. The molecule has 2 aliphatic rings. The first-order chi connectivity index (χ1) is 11.8. The lowest BCUT2D eigenvalue weighted by atomic mass is 9.97. The molecule has 2 aromatic rings. The lowest BCUT2D eigenvalue weighted by Crippen LogP contribution is -2.45. The molecule has 1 N–H and O–H groups in total. The Morgan fingerprint density at radius 1 is 1.08 bits per heavy atom. The number of piperidine rings is 1. The largest absolute Gasteiger partial charge is 0.361 e. The molecule has 1 aromatic carbocycles. The minimum atomic E-state index is 0.206. The number of likely N-dealkylation sites (tertiary alicyclic amines) is 2. The van der Waals surface area contributed by atoms with Crippen molar-refractivity contribution in [2.45, 2.75) is 44.6 Å². The third-order valence-corrected chi connectivity index (χ3v) is 5.67. The maximum atomic E-state index is 13.1. The van der Waals surface area contributed by atoms with Crippen LogP contribution in [-0.4, -0.2) is 52.9 Å². The summed E-state index contributed by atoms with van der Waals surface area (Å²) in [5.41, 5.74) is 1.87. The summed E-state index contributed by atoms with van der Waals surface area (Å²) in [6.45, 7) is 4.53. The van der Waals surface area contributed by atoms with Gasteiger partial charge in [0.15, 0.2) is 0 Å². The zero-order valence-corrected chi connectivity index (χ0v) is 14.3. The van der Waals surface area contributed by atoms with Gasteiger partial charge in [0, 0.05) is 36.4 Å². The fourth-order valence-electron chi connectivity index (χ4n) is 4.25. The van der Waals surface area contributed by atoms with E-state index in [0.29, 0.717) is 6.04 Å². The van der Waals surface area contributed by atoms with E-state index in [1.807, 2.05) is 30.5 Å². The number of fused-ring (bicyclic) bond motifs is 1. The number of aromatic nitrogens is 1. The first-order valence-electron chi connectivity index (χ1n) is 9.42. The molecule has 128 valence electrons. The molecule has 0 saturated carbocycles. The van der Waals surface area contributed by atoms with Gasteiger partial charge in [-0.3, -0.25) is 4.79 Å². The third-order valence-electron chi connectivity index (χ3n) is 5.67. The Morgan fingerprint density at radius 3 is 2.79 bits per heavy atom. The average Bonchev–Trinajstić information content (AvgIpc) is 3.30. The van der Waals surface area contributed by atoms with E-state index in [1.165, 1.54) is 32.4 Å². The van der Waals surface area contributed by atoms with Gasteiger partial charge in [0.2, 0.25) is 0 Å². The number of H-pyrrole nitrogens is 1. The van der Waals surface area contributed by atoms with Gasteiger partial charge in [0.1, 0.15) is 0 Å². The van der Waals surface area contributed by atoms with Crippen LogP contribution in [0.1, 0.15) is 48.9 Å². The molecule has 1 aromatic heterocycles. The number of amides is 1. The van der Waals surface area contributed by atoms with Crippen molar-refractivity contribution in [3.63, 3.8) is 0 Å². The number of aromatic amines is 1. The number of hydrogen-bond donors (Lipinski definition) is 1. The molecule has 3 heterocycles. The van der Waals surface area contributed by atoms with Crippen LogP contribution in [0.4, 0.5) is 0 Å². The molecule has 4 rings (SSSR count). The van der Waals surface area contributed by atoms with Gasteiger partial charge in [-0.15, -0.1) is 0 Å². The standard InChI is InChI=1S/C20H27N3O/c24-20(17-7-6-16-8-10-21-19(16)15-17)23-13-2-1-5-18(23)9-14-22-11-3-4-12-22/h6-8,10,15,18,21H,1-5,9,11-14H2/t18-/m0/s1. The van der Waals surface area contributed by atoms with Gasteiger partial charge in [0.25, 0.3) is 5.91 Å². The highest BCUT2D eigenvalue weighted by molar-refractivity contribution is 5.98. The lowest BCUT2D eigenvalue weighted by molar-refractivity contribution is 0.0588. The lowest BCUT2D eigenvalue weighted by Gasteiger charge is -2.36. The van der Waals surface area contributed by atoms with Crippen LogP contribution in [0.3, 0.4) is 0 Å². The monoisotopic (exact) mass is 325 g/mol. The number of rotatable bonds is 4. The molecular weight excluding hydrogens is 298 g/mol. The molecule has 0 bridgehead atoms. The van der Waals surface area contributed by atoms with E-state index in [4.69, 9.17) is 0 Å². The summed E-state index contributed by atoms with van der Waals surface area (Å²) >= 11 is 0. The second-order valence-corrected chi connectivity index (χ2v) is 7.27. The third kappa shape index (κ3) is 3.20. The summed E-state index contributed by atoms with van der Waals surface area (Å²) in [6.07, 6.45) is 9.27. The second-order valence-electron chi connectivity index (χ2n) is 7.27. The van der Waals surface area contributed by atoms with Crippen LogP contribution in [0.5, 0.6) is 0 Å². The zero-order valence-electron chi connectivity index (χ0n) is 14.3. The van der Waals surface area contributed by atoms with Gasteiger partial charge in [-0.2, -0.15) is 0 Å². The summed E-state index contributed by atoms with van der Waals surface area (Å²) in [4.78, 5) is 21.0. The van der Waals surface area contributed by atoms with Crippen LogP contribution >= 0.6 is 0 Å². The zero-order chi connectivity index (χ0) is 16.4. The van der Waals surface area contributed by atoms with Crippen molar-refractivity contribution in [3.05, 3.63) is 36.0 Å². The van der Waals surface area contributed by atoms with Crippen molar-refractivity contribution < 1.29 is 4.79 Å². The number of nitrogens with one attached hydrogen (secondary N) is 1. The maximum Gasteiger partial charge on any atom is 0.254 e. The first kappa shape index (κ1) is 15.7. The van der Waals surface area contributed by atoms with Crippen molar-refractivity contribution in [2.24, 2.45) is 0 Å². The van der Waals surface area contributed by atoms with E-state index in [1.54, 1.807) is 0 Å². The fourth-order valence-corrected chi connectivity index (χ4v) is 4.25. The number of benzene rings is 1. The van der Waals surface area contributed by atoms with Gasteiger partial charge in [-0.25, -0.2) is 0 Å². The number of carbonyl (C=O) groups excluding carboxylic acids is 1. The van der Waals surface area contributed by atoms with E-state index < -0.39 is 0 Å². The Kier molecular flexibility index (Phi) is 4.56. The van der Waals surface area contributed by atoms with Crippen LogP contribution in [0, 0.1) is 0 Å². The average molecular weight is 325 g/mol. The Labute approximate surface area is 143 Å². The van der Waals surface area contributed by atoms with E-state index in [-0.39, 0.29) is 5.91 Å². The van der Waals surface area contributed by atoms with E-state index in [2.05, 4.69) is 14.8 Å². The minimum absolute atomic E-state index is 0.206. The molecular formula is C20H27N3O. The number of carbonyl (C=O) groups is 1. The van der Waals surface area contributed by atoms with Crippen LogP contribution in [-0.2, 0) is 0 Å². The predicted octanol–water partition coefficient (Wildman–Crippen LogP) is 3.65. The highest BCUT2D eigenvalue weighted by atomic mass is 16.2. The summed E-state index contributed by atoms with van der Waals surface area (Å²) in [5.74, 6) is 0.206. The highest BCUT2D eigenvalue weighted by Gasteiger charge is 2.28. The van der Waals surface area contributed by atoms with Crippen LogP contribution in [0.25, 0.3) is 10.9 Å². The van der Waals surface area contributed by atoms with Gasteiger partial charge in [-0.1, -0.05) is 6.07 Å². The molecule has 0 unspecified atom stereocenters. The van der Waals surface area contributed by atoms with Gasteiger partial charge in [-0.05, 0) is 75.2 Å². The topological polar surface area (TPSA) is 39.3 Å². The summed E-state index contributed by atoms with van der Waals surface area (Å²) in [6, 6.07) is 8.48. The summed E-state index contributed by atoms with van der Waals surface area (Å²) in [5, 5.41) is 1.16. The van der Waals surface area contributed by atoms with Crippen molar-refractivity contribution in [1.82, 2.24) is 14.8 Å². The fraction of sp³-hybridized carbons (Fsp3) is 0.550. The molecule has 4 heteroatoms. The van der Waals surface area contributed by atoms with Gasteiger partial charge < -0.3 is 14.8 Å². The number of nitrogens with zero attached hydrogens (tertiary/aromatic N) is 2. The molecule has 2 aliphatic heterocycles. The van der Waals surface area contributed by atoms with Crippen molar-refractivity contribution >= 4 is 16.8 Å². The Bertz CT molecular complexity index is 702. The van der Waals surface area contributed by atoms with Crippen LogP contribution in [0.2, 0.25) is 0 Å². The highest BCUT2D eigenvalue weighted by Crippen LogP contribution is 2.24. The van der Waals surface area contributed by atoms with E-state index in [9.17, 15) is 4.79 Å². The maximum absolute atomic E-state index is 13.1. The summed E-state index contributed by atoms with van der Waals surface area (Å²) in [7, 11) is 0. The Hall–Kier alpha value is -1.81. The molecule has 2 saturated heterocycles. The van der Waals surface area contributed by atoms with Crippen molar-refractivity contribution in [3.8, 4) is 0 Å². The predicted molar refractivity (Wildman–Crippen MR) is 97.3 cm³/mol. The van der Waals surface area contributed by atoms with Crippen molar-refractivity contribution in [1.29, 1.82) is 0 Å².